The molecule has 156 valence electrons. The lowest BCUT2D eigenvalue weighted by Gasteiger charge is -2.13. The highest BCUT2D eigenvalue weighted by Crippen LogP contribution is 2.28. The van der Waals surface area contributed by atoms with Crippen LogP contribution in [0, 0.1) is 11.7 Å². The predicted octanol–water partition coefficient (Wildman–Crippen LogP) is 2.81. The number of fused-ring (bicyclic) bond motifs is 1. The van der Waals surface area contributed by atoms with E-state index in [1.54, 1.807) is 12.1 Å². The third-order valence-electron chi connectivity index (χ3n) is 4.58. The maximum absolute atomic E-state index is 13.5. The first-order valence-corrected chi connectivity index (χ1v) is 9.69. The molecule has 4 N–H and O–H groups in total. The number of rotatable bonds is 10. The van der Waals surface area contributed by atoms with Gasteiger partial charge in [-0.05, 0) is 55.9 Å². The highest BCUT2D eigenvalue weighted by Gasteiger charge is 2.21. The molecule has 1 saturated carbocycles. The van der Waals surface area contributed by atoms with E-state index in [2.05, 4.69) is 20.6 Å². The highest BCUT2D eigenvalue weighted by molar-refractivity contribution is 14.0. The minimum atomic E-state index is -0.601. The van der Waals surface area contributed by atoms with Crippen LogP contribution in [0.2, 0.25) is 0 Å². The van der Waals surface area contributed by atoms with Gasteiger partial charge in [0, 0.05) is 36.8 Å². The molecule has 3 rings (SSSR count). The van der Waals surface area contributed by atoms with Gasteiger partial charge >= 0.3 is 0 Å². The molecule has 2 aromatic rings. The molecule has 1 heterocycles. The first kappa shape index (κ1) is 22.9. The fourth-order valence-electron chi connectivity index (χ4n) is 2.92. The van der Waals surface area contributed by atoms with Crippen LogP contribution in [0.1, 0.15) is 25.3 Å². The molecule has 1 unspecified atom stereocenters. The van der Waals surface area contributed by atoms with E-state index >= 15 is 0 Å². The van der Waals surface area contributed by atoms with E-state index in [1.807, 2.05) is 13.1 Å². The summed E-state index contributed by atoms with van der Waals surface area (Å²) in [5.41, 5.74) is 1.99. The molecule has 1 fully saturated rings. The largest absolute Gasteiger partial charge is 0.389 e. The predicted molar refractivity (Wildman–Crippen MR) is 121 cm³/mol. The van der Waals surface area contributed by atoms with E-state index in [4.69, 9.17) is 4.74 Å². The summed E-state index contributed by atoms with van der Waals surface area (Å²) in [6.45, 7) is 4.74. The van der Waals surface area contributed by atoms with E-state index < -0.39 is 6.10 Å². The molecule has 1 aromatic heterocycles. The zero-order chi connectivity index (χ0) is 19.1. The molecule has 0 saturated heterocycles. The molecule has 0 aliphatic heterocycles. The normalized spacial score (nSPS) is 15.3. The van der Waals surface area contributed by atoms with Gasteiger partial charge in [-0.1, -0.05) is 0 Å². The first-order chi connectivity index (χ1) is 13.2. The van der Waals surface area contributed by atoms with Crippen LogP contribution >= 0.6 is 24.0 Å². The number of ether oxygens (including phenoxy) is 1. The lowest BCUT2D eigenvalue weighted by atomic mass is 10.1. The number of aliphatic hydroxyl groups excluding tert-OH is 1. The number of halogens is 2. The van der Waals surface area contributed by atoms with Crippen LogP contribution in [-0.4, -0.2) is 55.0 Å². The van der Waals surface area contributed by atoms with Crippen LogP contribution < -0.4 is 10.6 Å². The average Bonchev–Trinajstić information content (AvgIpc) is 3.39. The second kappa shape index (κ2) is 11.6. The monoisotopic (exact) mass is 504 g/mol. The average molecular weight is 504 g/mol. The number of aromatic amines is 1. The zero-order valence-corrected chi connectivity index (χ0v) is 18.5. The topological polar surface area (TPSA) is 81.7 Å². The van der Waals surface area contributed by atoms with E-state index in [-0.39, 0.29) is 36.3 Å². The smallest absolute Gasteiger partial charge is 0.191 e. The van der Waals surface area contributed by atoms with Crippen molar-refractivity contribution in [3.8, 4) is 0 Å². The number of hydrogen-bond donors (Lipinski definition) is 4. The van der Waals surface area contributed by atoms with Gasteiger partial charge in [0.15, 0.2) is 5.96 Å². The number of guanidine groups is 1. The molecule has 1 aliphatic rings. The third-order valence-corrected chi connectivity index (χ3v) is 4.58. The molecule has 0 radical (unpaired) electrons. The van der Waals surface area contributed by atoms with Crippen LogP contribution in [0.15, 0.2) is 29.4 Å². The molecule has 1 aromatic carbocycles. The molecule has 6 nitrogen and oxygen atoms in total. The van der Waals surface area contributed by atoms with Gasteiger partial charge in [0.1, 0.15) is 5.82 Å². The number of benzene rings is 1. The van der Waals surface area contributed by atoms with Crippen molar-refractivity contribution in [1.82, 2.24) is 15.6 Å². The minimum Gasteiger partial charge on any atom is -0.389 e. The molecule has 8 heteroatoms. The number of aromatic nitrogens is 1. The Labute approximate surface area is 182 Å². The maximum atomic E-state index is 13.5. The fourth-order valence-corrected chi connectivity index (χ4v) is 2.92. The number of nitrogens with zero attached hydrogens (tertiary/aromatic N) is 1. The van der Waals surface area contributed by atoms with Crippen molar-refractivity contribution in [2.75, 3.05) is 32.8 Å². The summed E-state index contributed by atoms with van der Waals surface area (Å²) in [5.74, 6) is 1.12. The van der Waals surface area contributed by atoms with E-state index in [1.165, 1.54) is 18.9 Å². The van der Waals surface area contributed by atoms with Crippen LogP contribution in [0.3, 0.4) is 0 Å². The molecule has 1 aliphatic carbocycles. The molecular formula is C20H30FIN4O2. The van der Waals surface area contributed by atoms with Gasteiger partial charge in [-0.3, -0.25) is 4.99 Å². The Kier molecular flexibility index (Phi) is 9.46. The van der Waals surface area contributed by atoms with Crippen LogP contribution in [0.5, 0.6) is 0 Å². The number of H-pyrrole nitrogens is 1. The van der Waals surface area contributed by atoms with Gasteiger partial charge < -0.3 is 25.5 Å². The first-order valence-electron chi connectivity index (χ1n) is 9.69. The summed E-state index contributed by atoms with van der Waals surface area (Å²) in [5, 5.41) is 17.3. The summed E-state index contributed by atoms with van der Waals surface area (Å²) < 4.78 is 19.0. The van der Waals surface area contributed by atoms with E-state index in [0.29, 0.717) is 25.0 Å². The number of aliphatic hydroxyl groups is 1. The minimum absolute atomic E-state index is 0. The van der Waals surface area contributed by atoms with Gasteiger partial charge in [-0.15, -0.1) is 24.0 Å². The maximum Gasteiger partial charge on any atom is 0.191 e. The van der Waals surface area contributed by atoms with Gasteiger partial charge in [0.25, 0.3) is 0 Å². The highest BCUT2D eigenvalue weighted by atomic mass is 127. The third kappa shape index (κ3) is 7.21. The Balaban J connectivity index is 0.00000280. The molecule has 0 bridgehead atoms. The summed E-state index contributed by atoms with van der Waals surface area (Å²) in [6, 6.07) is 4.76. The van der Waals surface area contributed by atoms with Crippen molar-refractivity contribution in [2.45, 2.75) is 32.3 Å². The Hall–Kier alpha value is -1.39. The quantitative estimate of drug-likeness (QED) is 0.228. The Morgan fingerprint density at radius 3 is 2.96 bits per heavy atom. The molecule has 0 amide bonds. The van der Waals surface area contributed by atoms with Crippen molar-refractivity contribution >= 4 is 40.8 Å². The van der Waals surface area contributed by atoms with Crippen molar-refractivity contribution < 1.29 is 14.2 Å². The fraction of sp³-hybridized carbons (Fsp3) is 0.550. The van der Waals surface area contributed by atoms with Crippen molar-refractivity contribution in [2.24, 2.45) is 10.9 Å². The van der Waals surface area contributed by atoms with Crippen molar-refractivity contribution in [1.29, 1.82) is 0 Å². The zero-order valence-electron chi connectivity index (χ0n) is 16.2. The molecule has 28 heavy (non-hydrogen) atoms. The molecule has 0 spiro atoms. The second-order valence-electron chi connectivity index (χ2n) is 7.03. The van der Waals surface area contributed by atoms with Gasteiger partial charge in [-0.2, -0.15) is 0 Å². The van der Waals surface area contributed by atoms with Crippen molar-refractivity contribution in [3.05, 3.63) is 35.8 Å². The SMILES string of the molecule is CCNC(=NCC(O)COCC1CC1)NCCc1c[nH]c2ccc(F)cc12.I. The Morgan fingerprint density at radius 2 is 2.21 bits per heavy atom. The standard InChI is InChI=1S/C20H29FN4O2.HI/c1-2-22-20(25-11-17(26)13-27-12-14-3-4-14)23-8-7-15-10-24-19-6-5-16(21)9-18(15)19;/h5-6,9-10,14,17,24,26H,2-4,7-8,11-13H2,1H3,(H2,22,23,25);1H. The number of hydrogen-bond acceptors (Lipinski definition) is 3. The lowest BCUT2D eigenvalue weighted by molar-refractivity contribution is 0.0368. The molecule has 1 atom stereocenters. The molecular weight excluding hydrogens is 474 g/mol. The van der Waals surface area contributed by atoms with Crippen LogP contribution in [0.4, 0.5) is 4.39 Å². The van der Waals surface area contributed by atoms with E-state index in [9.17, 15) is 9.50 Å². The van der Waals surface area contributed by atoms with Gasteiger partial charge in [0.2, 0.25) is 0 Å². The Morgan fingerprint density at radius 1 is 1.39 bits per heavy atom. The van der Waals surface area contributed by atoms with Crippen molar-refractivity contribution in [3.63, 3.8) is 0 Å². The van der Waals surface area contributed by atoms with Crippen LogP contribution in [-0.2, 0) is 11.2 Å². The summed E-state index contributed by atoms with van der Waals surface area (Å²) >= 11 is 0. The summed E-state index contributed by atoms with van der Waals surface area (Å²) in [7, 11) is 0. The second-order valence-corrected chi connectivity index (χ2v) is 7.03. The summed E-state index contributed by atoms with van der Waals surface area (Å²) in [4.78, 5) is 7.58. The lowest BCUT2D eigenvalue weighted by Crippen LogP contribution is -2.39. The number of nitrogens with one attached hydrogen (secondary N) is 3. The number of aliphatic imine (C=N–C) groups is 1. The van der Waals surface area contributed by atoms with Crippen LogP contribution in [0.25, 0.3) is 10.9 Å². The summed E-state index contributed by atoms with van der Waals surface area (Å²) in [6.07, 6.45) is 4.53. The van der Waals surface area contributed by atoms with Gasteiger partial charge in [-0.25, -0.2) is 4.39 Å². The Bertz CT molecular complexity index is 764. The van der Waals surface area contributed by atoms with E-state index in [0.717, 1.165) is 36.0 Å². The van der Waals surface area contributed by atoms with Gasteiger partial charge in [0.05, 0.1) is 19.3 Å².